The van der Waals surface area contributed by atoms with Gasteiger partial charge in [0, 0.05) is 18.5 Å². The molecule has 128 valence electrons. The summed E-state index contributed by atoms with van der Waals surface area (Å²) in [7, 11) is -3.02. The molecule has 9 heteroatoms. The molecule has 1 fully saturated rings. The lowest BCUT2D eigenvalue weighted by Crippen LogP contribution is -2.35. The summed E-state index contributed by atoms with van der Waals surface area (Å²) >= 11 is 0. The Morgan fingerprint density at radius 3 is 2.71 bits per heavy atom. The number of rotatable bonds is 5. The van der Waals surface area contributed by atoms with E-state index in [1.54, 1.807) is 31.2 Å². The van der Waals surface area contributed by atoms with Crippen LogP contribution in [0, 0.1) is 6.92 Å². The second kappa shape index (κ2) is 6.60. The summed E-state index contributed by atoms with van der Waals surface area (Å²) in [5.74, 6) is 1.31. The van der Waals surface area contributed by atoms with Gasteiger partial charge in [-0.15, -0.1) is 0 Å². The fraction of sp³-hybridized carbons (Fsp3) is 0.400. The van der Waals surface area contributed by atoms with E-state index in [2.05, 4.69) is 15.5 Å². The fourth-order valence-electron chi connectivity index (χ4n) is 2.43. The summed E-state index contributed by atoms with van der Waals surface area (Å²) in [4.78, 5) is 16.2. The van der Waals surface area contributed by atoms with Gasteiger partial charge in [0.1, 0.15) is 5.75 Å². The largest absolute Gasteiger partial charge is 0.485 e. The van der Waals surface area contributed by atoms with Crippen molar-refractivity contribution >= 4 is 15.7 Å². The van der Waals surface area contributed by atoms with Crippen LogP contribution >= 0.6 is 0 Å². The highest BCUT2D eigenvalue weighted by Gasteiger charge is 2.29. The summed E-state index contributed by atoms with van der Waals surface area (Å²) in [5.41, 5.74) is 0.446. The van der Waals surface area contributed by atoms with E-state index >= 15 is 0 Å². The van der Waals surface area contributed by atoms with Gasteiger partial charge in [-0.2, -0.15) is 4.98 Å². The van der Waals surface area contributed by atoms with Gasteiger partial charge in [0.05, 0.1) is 11.5 Å². The Balaban J connectivity index is 1.54. The predicted octanol–water partition coefficient (Wildman–Crippen LogP) is 0.874. The van der Waals surface area contributed by atoms with Crippen molar-refractivity contribution in [1.82, 2.24) is 15.5 Å². The number of nitrogens with zero attached hydrogens (tertiary/aromatic N) is 2. The van der Waals surface area contributed by atoms with E-state index in [-0.39, 0.29) is 30.1 Å². The minimum atomic E-state index is -3.02. The second-order valence-corrected chi connectivity index (χ2v) is 7.84. The highest BCUT2D eigenvalue weighted by Crippen LogP contribution is 2.15. The maximum absolute atomic E-state index is 12.1. The molecule has 1 aromatic heterocycles. The molecule has 0 radical (unpaired) electrons. The average Bonchev–Trinajstić information content (AvgIpc) is 3.11. The van der Waals surface area contributed by atoms with Gasteiger partial charge >= 0.3 is 0 Å². The number of carbonyl (C=O) groups is 1. The summed E-state index contributed by atoms with van der Waals surface area (Å²) in [6, 6.07) is 6.24. The molecule has 2 heterocycles. The van der Waals surface area contributed by atoms with E-state index in [9.17, 15) is 13.2 Å². The van der Waals surface area contributed by atoms with Crippen LogP contribution in [0.3, 0.4) is 0 Å². The molecule has 3 rings (SSSR count). The lowest BCUT2D eigenvalue weighted by atomic mass is 10.2. The topological polar surface area (TPSA) is 111 Å². The summed E-state index contributed by atoms with van der Waals surface area (Å²) in [6.07, 6.45) is 0.458. The maximum Gasteiger partial charge on any atom is 0.251 e. The molecular weight excluding hydrogens is 334 g/mol. The van der Waals surface area contributed by atoms with Crippen LogP contribution in [0.5, 0.6) is 5.75 Å². The van der Waals surface area contributed by atoms with Crippen molar-refractivity contribution in [2.75, 3.05) is 11.5 Å². The minimum absolute atomic E-state index is 0.00402. The number of benzene rings is 1. The third-order valence-electron chi connectivity index (χ3n) is 3.62. The van der Waals surface area contributed by atoms with Gasteiger partial charge in [-0.05, 0) is 30.7 Å². The normalized spacial score (nSPS) is 19.1. The average molecular weight is 351 g/mol. The number of aryl methyl sites for hydroxylation is 1. The Morgan fingerprint density at radius 2 is 2.12 bits per heavy atom. The summed E-state index contributed by atoms with van der Waals surface area (Å²) < 4.78 is 33.2. The molecule has 8 nitrogen and oxygen atoms in total. The molecule has 1 aliphatic heterocycles. The first-order valence-corrected chi connectivity index (χ1v) is 9.27. The molecule has 1 aliphatic rings. The number of sulfone groups is 1. The van der Waals surface area contributed by atoms with Gasteiger partial charge in [0.15, 0.2) is 16.4 Å². The first-order chi connectivity index (χ1) is 11.4. The van der Waals surface area contributed by atoms with Gasteiger partial charge in [0.2, 0.25) is 11.7 Å². The molecule has 1 N–H and O–H groups in total. The van der Waals surface area contributed by atoms with E-state index < -0.39 is 9.84 Å². The van der Waals surface area contributed by atoms with Crippen molar-refractivity contribution < 1.29 is 22.5 Å². The summed E-state index contributed by atoms with van der Waals surface area (Å²) in [5, 5.41) is 6.46. The van der Waals surface area contributed by atoms with E-state index in [1.807, 2.05) is 0 Å². The SMILES string of the molecule is Cc1nc(COc2ccc(C(=O)N[C@@H]3CCS(=O)(=O)C3)cc2)no1. The number of aromatic nitrogens is 2. The number of nitrogens with one attached hydrogen (secondary N) is 1. The molecule has 0 saturated carbocycles. The molecule has 0 unspecified atom stereocenters. The molecule has 24 heavy (non-hydrogen) atoms. The number of hydrogen-bond acceptors (Lipinski definition) is 7. The van der Waals surface area contributed by atoms with E-state index in [4.69, 9.17) is 9.26 Å². The van der Waals surface area contributed by atoms with Crippen molar-refractivity contribution in [3.63, 3.8) is 0 Å². The highest BCUT2D eigenvalue weighted by atomic mass is 32.2. The molecule has 0 spiro atoms. The fourth-order valence-corrected chi connectivity index (χ4v) is 4.10. The van der Waals surface area contributed by atoms with E-state index in [0.717, 1.165) is 0 Å². The Kier molecular flexibility index (Phi) is 4.52. The van der Waals surface area contributed by atoms with Crippen LogP contribution in [-0.4, -0.2) is 42.0 Å². The third kappa shape index (κ3) is 4.10. The predicted molar refractivity (Wildman–Crippen MR) is 84.3 cm³/mol. The van der Waals surface area contributed by atoms with Gasteiger partial charge in [-0.3, -0.25) is 4.79 Å². The molecule has 1 atom stereocenters. The molecule has 0 aliphatic carbocycles. The standard InChI is InChI=1S/C15H17N3O5S/c1-10-16-14(18-23-10)8-22-13-4-2-11(3-5-13)15(19)17-12-6-7-24(20,21)9-12/h2-5,12H,6-9H2,1H3,(H,17,19)/t12-/m1/s1. The van der Waals surface area contributed by atoms with Gasteiger partial charge in [-0.1, -0.05) is 5.16 Å². The zero-order valence-electron chi connectivity index (χ0n) is 13.1. The van der Waals surface area contributed by atoms with Crippen molar-refractivity contribution in [1.29, 1.82) is 0 Å². The Bertz CT molecular complexity index is 829. The number of hydrogen-bond donors (Lipinski definition) is 1. The van der Waals surface area contributed by atoms with Crippen LogP contribution in [0.4, 0.5) is 0 Å². The van der Waals surface area contributed by atoms with Crippen LogP contribution < -0.4 is 10.1 Å². The van der Waals surface area contributed by atoms with Crippen LogP contribution in [0.15, 0.2) is 28.8 Å². The molecule has 2 aromatic rings. The highest BCUT2D eigenvalue weighted by molar-refractivity contribution is 7.91. The van der Waals surface area contributed by atoms with Gasteiger partial charge < -0.3 is 14.6 Å². The van der Waals surface area contributed by atoms with Gasteiger partial charge in [0.25, 0.3) is 5.91 Å². The number of carbonyl (C=O) groups excluding carboxylic acids is 1. The Labute approximate surface area is 139 Å². The van der Waals surface area contributed by atoms with E-state index in [1.165, 1.54) is 0 Å². The quantitative estimate of drug-likeness (QED) is 0.851. The van der Waals surface area contributed by atoms with Crippen molar-refractivity contribution in [3.8, 4) is 5.75 Å². The molecular formula is C15H17N3O5S. The first kappa shape index (κ1) is 16.4. The Hall–Kier alpha value is -2.42. The zero-order chi connectivity index (χ0) is 17.2. The first-order valence-electron chi connectivity index (χ1n) is 7.45. The number of ether oxygens (including phenoxy) is 1. The smallest absolute Gasteiger partial charge is 0.251 e. The van der Waals surface area contributed by atoms with Crippen LogP contribution in [0.2, 0.25) is 0 Å². The maximum atomic E-state index is 12.1. The van der Waals surface area contributed by atoms with Crippen LogP contribution in [-0.2, 0) is 16.4 Å². The lowest BCUT2D eigenvalue weighted by Gasteiger charge is -2.11. The molecule has 1 aromatic carbocycles. The second-order valence-electron chi connectivity index (χ2n) is 5.62. The lowest BCUT2D eigenvalue weighted by molar-refractivity contribution is 0.0941. The van der Waals surface area contributed by atoms with E-state index in [0.29, 0.717) is 29.4 Å². The molecule has 0 bridgehead atoms. The zero-order valence-corrected chi connectivity index (χ0v) is 13.9. The van der Waals surface area contributed by atoms with Crippen molar-refractivity contribution in [2.45, 2.75) is 26.0 Å². The molecule has 1 amide bonds. The third-order valence-corrected chi connectivity index (χ3v) is 5.39. The minimum Gasteiger partial charge on any atom is -0.485 e. The van der Waals surface area contributed by atoms with Crippen LogP contribution in [0.25, 0.3) is 0 Å². The summed E-state index contributed by atoms with van der Waals surface area (Å²) in [6.45, 7) is 1.86. The van der Waals surface area contributed by atoms with Crippen molar-refractivity contribution in [3.05, 3.63) is 41.5 Å². The monoisotopic (exact) mass is 351 g/mol. The van der Waals surface area contributed by atoms with Gasteiger partial charge in [-0.25, -0.2) is 8.42 Å². The van der Waals surface area contributed by atoms with Crippen LogP contribution in [0.1, 0.15) is 28.5 Å². The van der Waals surface area contributed by atoms with Crippen molar-refractivity contribution in [2.24, 2.45) is 0 Å². The Morgan fingerprint density at radius 1 is 1.38 bits per heavy atom. The molecule has 1 saturated heterocycles. The number of amides is 1.